The molecule has 94 valence electrons. The molecule has 0 spiro atoms. The van der Waals surface area contributed by atoms with Crippen LogP contribution in [0.2, 0.25) is 10.6 Å². The van der Waals surface area contributed by atoms with E-state index >= 15 is 0 Å². The van der Waals surface area contributed by atoms with Crippen LogP contribution in [0, 0.1) is 6.92 Å². The molecule has 0 radical (unpaired) electrons. The van der Waals surface area contributed by atoms with Crippen LogP contribution in [0.3, 0.4) is 0 Å². The summed E-state index contributed by atoms with van der Waals surface area (Å²) in [4.78, 5) is 0. The van der Waals surface area contributed by atoms with Crippen LogP contribution in [0.5, 0.6) is 5.75 Å². The first kappa shape index (κ1) is 16.6. The van der Waals surface area contributed by atoms with E-state index in [0.29, 0.717) is 0 Å². The molecule has 1 aromatic rings. The maximum Gasteiger partial charge on any atom is -0.0398 e. The Morgan fingerprint density at radius 2 is 1.41 bits per heavy atom. The summed E-state index contributed by atoms with van der Waals surface area (Å²) in [5.41, 5.74) is 1.13. The molecule has 0 heterocycles. The van der Waals surface area contributed by atoms with Gasteiger partial charge < -0.3 is 5.11 Å². The van der Waals surface area contributed by atoms with Crippen molar-refractivity contribution in [3.8, 4) is 5.75 Å². The second-order valence-electron chi connectivity index (χ2n) is 4.39. The van der Waals surface area contributed by atoms with E-state index in [0.717, 1.165) is 20.8 Å². The van der Waals surface area contributed by atoms with Crippen molar-refractivity contribution in [2.75, 3.05) is 0 Å². The summed E-state index contributed by atoms with van der Waals surface area (Å²) < 4.78 is 0. The Kier molecular flexibility index (Phi) is 11.7. The molecule has 1 aromatic carbocycles. The third-order valence-corrected chi connectivity index (χ3v) is 4.18. The van der Waals surface area contributed by atoms with Crippen LogP contribution < -0.4 is 5.11 Å². The van der Waals surface area contributed by atoms with Crippen LogP contribution in [0.25, 0.3) is 0 Å². The van der Waals surface area contributed by atoms with E-state index in [9.17, 15) is 5.11 Å². The van der Waals surface area contributed by atoms with E-state index in [1.165, 1.54) is 36.2 Å². The quantitative estimate of drug-likeness (QED) is 0.546. The second-order valence-corrected chi connectivity index (χ2v) is 6.12. The molecule has 2 heteroatoms. The minimum atomic E-state index is 0.0793. The van der Waals surface area contributed by atoms with Gasteiger partial charge in [-0.2, -0.15) is 0 Å². The zero-order valence-electron chi connectivity index (χ0n) is 11.5. The van der Waals surface area contributed by atoms with Crippen molar-refractivity contribution in [2.24, 2.45) is 0 Å². The number of hydrogen-bond donors (Lipinski definition) is 0. The van der Waals surface area contributed by atoms with Gasteiger partial charge in [0, 0.05) is 0 Å². The Labute approximate surface area is 113 Å². The van der Waals surface area contributed by atoms with Gasteiger partial charge >= 0.3 is 65.3 Å². The minimum absolute atomic E-state index is 0.0793. The Morgan fingerprint density at radius 3 is 1.76 bits per heavy atom. The fourth-order valence-electron chi connectivity index (χ4n) is 1.38. The topological polar surface area (TPSA) is 23.1 Å². The van der Waals surface area contributed by atoms with Crippen LogP contribution in [-0.2, 0) is 0 Å². The molecular formula is C15H25AlO. The maximum atomic E-state index is 10.4. The average molecular weight is 248 g/mol. The van der Waals surface area contributed by atoms with Gasteiger partial charge in [0.05, 0.1) is 0 Å². The molecule has 0 bridgehead atoms. The number of hydrogen-bond acceptors (Lipinski definition) is 1. The summed E-state index contributed by atoms with van der Waals surface area (Å²) in [5, 5.41) is 13.5. The molecule has 0 amide bonds. The molecule has 0 atom stereocenters. The first-order valence-corrected chi connectivity index (χ1v) is 8.39. The van der Waals surface area contributed by atoms with Gasteiger partial charge in [0.15, 0.2) is 0 Å². The molecule has 0 unspecified atom stereocenters. The van der Waals surface area contributed by atoms with Crippen molar-refractivity contribution in [1.82, 2.24) is 0 Å². The van der Waals surface area contributed by atoms with E-state index in [1.807, 2.05) is 19.1 Å². The molecule has 0 aromatic heterocycles. The van der Waals surface area contributed by atoms with Gasteiger partial charge in [-0.05, 0) is 6.92 Å². The molecule has 17 heavy (non-hydrogen) atoms. The van der Waals surface area contributed by atoms with Crippen LogP contribution in [-0.4, -0.2) is 15.2 Å². The summed E-state index contributed by atoms with van der Waals surface area (Å²) in [6, 6.07) is 6.75. The van der Waals surface area contributed by atoms with E-state index in [1.54, 1.807) is 12.1 Å². The SMILES string of the molecule is CCC[CH2][Al+][CH2]CCC.Cc1ccc([O-])cc1. The number of unbranched alkanes of at least 4 members (excludes halogenated alkanes) is 2. The maximum absolute atomic E-state index is 10.4. The first-order chi connectivity index (χ1) is 8.20. The molecule has 1 rings (SSSR count). The van der Waals surface area contributed by atoms with Gasteiger partial charge in [0.1, 0.15) is 0 Å². The fraction of sp³-hybridized carbons (Fsp3) is 0.600. The summed E-state index contributed by atoms with van der Waals surface area (Å²) in [6.45, 7) is 6.51. The zero-order valence-corrected chi connectivity index (χ0v) is 12.7. The van der Waals surface area contributed by atoms with Gasteiger partial charge in [-0.3, -0.25) is 0 Å². The average Bonchev–Trinajstić information content (AvgIpc) is 2.34. The Morgan fingerprint density at radius 1 is 0.941 bits per heavy atom. The monoisotopic (exact) mass is 248 g/mol. The molecule has 0 N–H and O–H groups in total. The molecule has 1 nitrogen and oxygen atoms in total. The van der Waals surface area contributed by atoms with Crippen LogP contribution in [0.4, 0.5) is 0 Å². The minimum Gasteiger partial charge on any atom is -0.872 e. The number of rotatable bonds is 6. The van der Waals surface area contributed by atoms with E-state index in [4.69, 9.17) is 0 Å². The van der Waals surface area contributed by atoms with Crippen molar-refractivity contribution in [2.45, 2.75) is 57.0 Å². The third kappa shape index (κ3) is 11.8. The molecule has 0 aliphatic carbocycles. The summed E-state index contributed by atoms with van der Waals surface area (Å²) in [7, 11) is 0. The van der Waals surface area contributed by atoms with Gasteiger partial charge in [0.25, 0.3) is 0 Å². The fourth-order valence-corrected chi connectivity index (χ4v) is 3.06. The standard InChI is InChI=1S/C7H8O.2C4H9.Al/c1-6-2-4-7(8)5-3-6;2*1-3-4-2;/h2-5,8H,1H3;2*1,3-4H2,2H3;/q;;;+1/p-1. The normalized spacial score (nSPS) is 9.12. The molecule has 0 saturated carbocycles. The van der Waals surface area contributed by atoms with Crippen LogP contribution in [0.1, 0.15) is 45.1 Å². The van der Waals surface area contributed by atoms with E-state index in [-0.39, 0.29) is 5.75 Å². The summed E-state index contributed by atoms with van der Waals surface area (Å²) in [6.07, 6.45) is 5.72. The van der Waals surface area contributed by atoms with Crippen molar-refractivity contribution >= 4 is 15.2 Å². The number of aryl methyl sites for hydroxylation is 1. The third-order valence-electron chi connectivity index (χ3n) is 2.54. The number of benzene rings is 1. The molecular weight excluding hydrogens is 223 g/mol. The van der Waals surface area contributed by atoms with Crippen molar-refractivity contribution in [1.29, 1.82) is 0 Å². The molecule has 0 aliphatic rings. The van der Waals surface area contributed by atoms with E-state index in [2.05, 4.69) is 13.8 Å². The Hall–Kier alpha value is -0.448. The molecule has 0 fully saturated rings. The Bertz CT molecular complexity index is 229. The molecule has 0 aliphatic heterocycles. The molecule has 0 saturated heterocycles. The predicted molar refractivity (Wildman–Crippen MR) is 75.8 cm³/mol. The summed E-state index contributed by atoms with van der Waals surface area (Å²) >= 11 is 0.818. The zero-order chi connectivity index (χ0) is 12.9. The van der Waals surface area contributed by atoms with Gasteiger partial charge in [-0.25, -0.2) is 0 Å². The predicted octanol–water partition coefficient (Wildman–Crippen LogP) is 4.20. The first-order valence-electron chi connectivity index (χ1n) is 6.76. The van der Waals surface area contributed by atoms with Crippen LogP contribution >= 0.6 is 0 Å². The van der Waals surface area contributed by atoms with Crippen molar-refractivity contribution < 1.29 is 5.11 Å². The largest absolute Gasteiger partial charge is 0.872 e. The summed E-state index contributed by atoms with van der Waals surface area (Å²) in [5.74, 6) is 0.0793. The van der Waals surface area contributed by atoms with Gasteiger partial charge in [-0.1, -0.05) is 29.8 Å². The van der Waals surface area contributed by atoms with Crippen molar-refractivity contribution in [3.05, 3.63) is 29.8 Å². The van der Waals surface area contributed by atoms with Gasteiger partial charge in [-0.15, -0.1) is 5.75 Å². The second kappa shape index (κ2) is 12.0. The Balaban J connectivity index is 0.000000302. The van der Waals surface area contributed by atoms with Crippen LogP contribution in [0.15, 0.2) is 24.3 Å². The smallest absolute Gasteiger partial charge is 0.0398 e. The van der Waals surface area contributed by atoms with Crippen molar-refractivity contribution in [3.63, 3.8) is 0 Å². The van der Waals surface area contributed by atoms with Gasteiger partial charge in [0.2, 0.25) is 0 Å². The van der Waals surface area contributed by atoms with E-state index < -0.39 is 0 Å².